The first-order valence-electron chi connectivity index (χ1n) is 8.67. The fraction of sp³-hybridized carbons (Fsp3) is 0.0952. The van der Waals surface area contributed by atoms with E-state index in [1.165, 1.54) is 0 Å². The number of amides is 2. The van der Waals surface area contributed by atoms with Crippen LogP contribution >= 0.6 is 0 Å². The minimum Gasteiger partial charge on any atom is -0.308 e. The van der Waals surface area contributed by atoms with Crippen LogP contribution in [0.25, 0.3) is 0 Å². The summed E-state index contributed by atoms with van der Waals surface area (Å²) in [5.41, 5.74) is 3.15. The van der Waals surface area contributed by atoms with E-state index in [0.29, 0.717) is 22.6 Å². The van der Waals surface area contributed by atoms with Crippen molar-refractivity contribution in [3.05, 3.63) is 83.9 Å². The van der Waals surface area contributed by atoms with Crippen molar-refractivity contribution in [3.63, 3.8) is 0 Å². The number of rotatable bonds is 5. The van der Waals surface area contributed by atoms with Gasteiger partial charge in [-0.05, 0) is 55.8 Å². The molecule has 3 N–H and O–H groups in total. The molecule has 3 aromatic carbocycles. The number of anilines is 3. The molecule has 0 atom stereocenters. The van der Waals surface area contributed by atoms with E-state index < -0.39 is 16.1 Å². The summed E-state index contributed by atoms with van der Waals surface area (Å²) in [6.45, 7) is 3.67. The van der Waals surface area contributed by atoms with Crippen LogP contribution in [0.1, 0.15) is 11.1 Å². The average molecular weight is 395 g/mol. The van der Waals surface area contributed by atoms with E-state index in [1.807, 2.05) is 31.2 Å². The number of hydrogen-bond acceptors (Lipinski definition) is 3. The summed E-state index contributed by atoms with van der Waals surface area (Å²) in [6.07, 6.45) is 0. The normalized spacial score (nSPS) is 10.9. The number of sulfonamides is 1. The van der Waals surface area contributed by atoms with Gasteiger partial charge >= 0.3 is 6.03 Å². The van der Waals surface area contributed by atoms with Gasteiger partial charge in [0.05, 0.1) is 10.6 Å². The minimum atomic E-state index is -3.73. The highest BCUT2D eigenvalue weighted by Crippen LogP contribution is 2.22. The van der Waals surface area contributed by atoms with Gasteiger partial charge in [-0.25, -0.2) is 13.2 Å². The zero-order valence-corrected chi connectivity index (χ0v) is 16.4. The molecule has 0 bridgehead atoms. The highest BCUT2D eigenvalue weighted by Gasteiger charge is 2.17. The Morgan fingerprint density at radius 1 is 0.750 bits per heavy atom. The zero-order chi connectivity index (χ0) is 20.1. The first-order chi connectivity index (χ1) is 13.3. The summed E-state index contributed by atoms with van der Waals surface area (Å²) in [5, 5.41) is 5.40. The van der Waals surface area contributed by atoms with Crippen molar-refractivity contribution in [1.29, 1.82) is 0 Å². The van der Waals surface area contributed by atoms with E-state index in [0.717, 1.165) is 5.56 Å². The number of benzene rings is 3. The van der Waals surface area contributed by atoms with Gasteiger partial charge in [0.25, 0.3) is 10.0 Å². The smallest absolute Gasteiger partial charge is 0.308 e. The molecule has 0 aliphatic heterocycles. The summed E-state index contributed by atoms with van der Waals surface area (Å²) >= 11 is 0. The average Bonchev–Trinajstić information content (AvgIpc) is 2.62. The Balaban J connectivity index is 1.73. The molecule has 7 heteroatoms. The van der Waals surface area contributed by atoms with Crippen molar-refractivity contribution in [2.24, 2.45) is 0 Å². The fourth-order valence-electron chi connectivity index (χ4n) is 2.79. The molecule has 0 fully saturated rings. The number of urea groups is 1. The van der Waals surface area contributed by atoms with Crippen molar-refractivity contribution in [3.8, 4) is 0 Å². The number of aryl methyl sites for hydroxylation is 2. The molecule has 0 radical (unpaired) electrons. The lowest BCUT2D eigenvalue weighted by molar-refractivity contribution is 0.262. The minimum absolute atomic E-state index is 0.221. The second-order valence-corrected chi connectivity index (χ2v) is 8.05. The molecule has 0 aliphatic carbocycles. The maximum Gasteiger partial charge on any atom is 0.323 e. The number of carbonyl (C=O) groups is 1. The molecular formula is C21H21N3O3S. The Labute approximate surface area is 164 Å². The quantitative estimate of drug-likeness (QED) is 0.583. The Kier molecular flexibility index (Phi) is 5.65. The fourth-order valence-corrected chi connectivity index (χ4v) is 4.06. The molecule has 3 aromatic rings. The first kappa shape index (κ1) is 19.4. The Hall–Kier alpha value is -3.32. The third-order valence-corrected chi connectivity index (χ3v) is 5.57. The first-order valence-corrected chi connectivity index (χ1v) is 10.1. The Morgan fingerprint density at radius 3 is 2.11 bits per heavy atom. The van der Waals surface area contributed by atoms with E-state index in [2.05, 4.69) is 15.4 Å². The number of carbonyl (C=O) groups excluding carboxylic acids is 1. The van der Waals surface area contributed by atoms with Crippen molar-refractivity contribution in [1.82, 2.24) is 0 Å². The lowest BCUT2D eigenvalue weighted by Crippen LogP contribution is -2.19. The van der Waals surface area contributed by atoms with Crippen molar-refractivity contribution in [2.75, 3.05) is 15.4 Å². The van der Waals surface area contributed by atoms with Gasteiger partial charge in [-0.1, -0.05) is 42.0 Å². The van der Waals surface area contributed by atoms with Gasteiger partial charge in [-0.2, -0.15) is 0 Å². The van der Waals surface area contributed by atoms with Crippen molar-refractivity contribution < 1.29 is 13.2 Å². The van der Waals surface area contributed by atoms with E-state index in [-0.39, 0.29) is 4.90 Å². The highest BCUT2D eigenvalue weighted by atomic mass is 32.2. The lowest BCUT2D eigenvalue weighted by Gasteiger charge is -2.12. The molecule has 144 valence electrons. The lowest BCUT2D eigenvalue weighted by atomic mass is 10.2. The summed E-state index contributed by atoms with van der Waals surface area (Å²) in [5.74, 6) is 0. The summed E-state index contributed by atoms with van der Waals surface area (Å²) < 4.78 is 28.0. The number of para-hydroxylation sites is 1. The topological polar surface area (TPSA) is 87.3 Å². The van der Waals surface area contributed by atoms with Crippen LogP contribution in [-0.4, -0.2) is 14.4 Å². The van der Waals surface area contributed by atoms with Crippen LogP contribution in [-0.2, 0) is 10.0 Å². The van der Waals surface area contributed by atoms with Crippen LogP contribution in [0.4, 0.5) is 21.9 Å². The Morgan fingerprint density at radius 2 is 1.39 bits per heavy atom. The predicted octanol–water partition coefficient (Wildman–Crippen LogP) is 4.75. The molecule has 0 aliphatic rings. The molecule has 0 saturated carbocycles. The molecule has 28 heavy (non-hydrogen) atoms. The molecule has 0 aromatic heterocycles. The third-order valence-electron chi connectivity index (χ3n) is 4.02. The van der Waals surface area contributed by atoms with Crippen LogP contribution in [0.5, 0.6) is 0 Å². The second-order valence-electron chi connectivity index (χ2n) is 6.40. The molecular weight excluding hydrogens is 374 g/mol. The van der Waals surface area contributed by atoms with Crippen molar-refractivity contribution in [2.45, 2.75) is 18.7 Å². The van der Waals surface area contributed by atoms with Gasteiger partial charge in [0.1, 0.15) is 0 Å². The Bertz CT molecular complexity index is 1100. The van der Waals surface area contributed by atoms with Crippen LogP contribution < -0.4 is 15.4 Å². The van der Waals surface area contributed by atoms with Gasteiger partial charge in [-0.3, -0.25) is 4.72 Å². The van der Waals surface area contributed by atoms with Gasteiger partial charge in [0.2, 0.25) is 0 Å². The zero-order valence-electron chi connectivity index (χ0n) is 15.6. The van der Waals surface area contributed by atoms with Crippen LogP contribution in [0, 0.1) is 13.8 Å². The van der Waals surface area contributed by atoms with E-state index in [9.17, 15) is 13.2 Å². The SMILES string of the molecule is Cc1ccc(S(=O)(=O)Nc2cccc(NC(=O)Nc3ccccc3)c2)c(C)c1. The molecule has 0 heterocycles. The summed E-state index contributed by atoms with van der Waals surface area (Å²) in [7, 11) is -3.73. The predicted molar refractivity (Wildman–Crippen MR) is 112 cm³/mol. The van der Waals surface area contributed by atoms with E-state index >= 15 is 0 Å². The van der Waals surface area contributed by atoms with Gasteiger partial charge < -0.3 is 10.6 Å². The van der Waals surface area contributed by atoms with Crippen LogP contribution in [0.2, 0.25) is 0 Å². The summed E-state index contributed by atoms with van der Waals surface area (Å²) in [4.78, 5) is 12.3. The molecule has 3 rings (SSSR count). The standard InChI is InChI=1S/C21H21N3O3S/c1-15-11-12-20(16(2)13-15)28(26,27)24-19-10-6-9-18(14-19)23-21(25)22-17-7-4-3-5-8-17/h3-14,24H,1-2H3,(H2,22,23,25). The maximum atomic E-state index is 12.7. The largest absolute Gasteiger partial charge is 0.323 e. The molecule has 6 nitrogen and oxygen atoms in total. The molecule has 0 spiro atoms. The number of hydrogen-bond donors (Lipinski definition) is 3. The van der Waals surface area contributed by atoms with Gasteiger partial charge in [0.15, 0.2) is 0 Å². The van der Waals surface area contributed by atoms with Gasteiger partial charge in [0, 0.05) is 11.4 Å². The van der Waals surface area contributed by atoms with E-state index in [1.54, 1.807) is 55.5 Å². The van der Waals surface area contributed by atoms with Crippen LogP contribution in [0.15, 0.2) is 77.7 Å². The second kappa shape index (κ2) is 8.14. The molecule has 2 amide bonds. The third kappa shape index (κ3) is 4.89. The van der Waals surface area contributed by atoms with Crippen LogP contribution in [0.3, 0.4) is 0 Å². The maximum absolute atomic E-state index is 12.7. The number of nitrogens with one attached hydrogen (secondary N) is 3. The highest BCUT2D eigenvalue weighted by molar-refractivity contribution is 7.92. The molecule has 0 unspecified atom stereocenters. The van der Waals surface area contributed by atoms with Gasteiger partial charge in [-0.15, -0.1) is 0 Å². The monoisotopic (exact) mass is 395 g/mol. The van der Waals surface area contributed by atoms with E-state index in [4.69, 9.17) is 0 Å². The summed E-state index contributed by atoms with van der Waals surface area (Å²) in [6, 6.07) is 20.3. The van der Waals surface area contributed by atoms with Crippen molar-refractivity contribution >= 4 is 33.1 Å². The molecule has 0 saturated heterocycles.